The molecule has 88 valence electrons. The molecule has 0 aliphatic heterocycles. The van der Waals surface area contributed by atoms with Crippen molar-refractivity contribution >= 4 is 21.8 Å². The van der Waals surface area contributed by atoms with Gasteiger partial charge in [0.25, 0.3) is 5.91 Å². The number of amides is 1. The maximum Gasteiger partial charge on any atom is 0.257 e. The molecule has 16 heavy (non-hydrogen) atoms. The van der Waals surface area contributed by atoms with E-state index in [4.69, 9.17) is 5.11 Å². The summed E-state index contributed by atoms with van der Waals surface area (Å²) in [5.74, 6) is -0.491. The summed E-state index contributed by atoms with van der Waals surface area (Å²) >= 11 is 3.27. The summed E-state index contributed by atoms with van der Waals surface area (Å²) < 4.78 is 0. The third-order valence-corrected chi connectivity index (χ3v) is 2.59. The minimum atomic E-state index is -0.237. The van der Waals surface area contributed by atoms with E-state index < -0.39 is 0 Å². The van der Waals surface area contributed by atoms with Crippen molar-refractivity contribution in [2.24, 2.45) is 0 Å². The Morgan fingerprint density at radius 2 is 2.12 bits per heavy atom. The first-order valence-corrected chi connectivity index (χ1v) is 6.09. The van der Waals surface area contributed by atoms with Gasteiger partial charge in [0.05, 0.1) is 5.56 Å². The molecule has 0 atom stereocenters. The highest BCUT2D eigenvalue weighted by molar-refractivity contribution is 9.09. The van der Waals surface area contributed by atoms with Crippen LogP contribution in [0.25, 0.3) is 0 Å². The number of phenols is 2. The quantitative estimate of drug-likeness (QED) is 0.833. The molecule has 1 rings (SSSR count). The van der Waals surface area contributed by atoms with E-state index in [1.54, 1.807) is 4.90 Å². The minimum absolute atomic E-state index is 0.0578. The fourth-order valence-corrected chi connectivity index (χ4v) is 1.80. The first-order chi connectivity index (χ1) is 7.60. The molecule has 0 saturated heterocycles. The highest BCUT2D eigenvalue weighted by Gasteiger charge is 2.17. The van der Waals surface area contributed by atoms with Gasteiger partial charge in [-0.1, -0.05) is 15.9 Å². The van der Waals surface area contributed by atoms with Crippen molar-refractivity contribution in [2.75, 3.05) is 18.4 Å². The number of carbonyl (C=O) groups excluding carboxylic acids is 1. The van der Waals surface area contributed by atoms with Crippen LogP contribution in [0, 0.1) is 0 Å². The average Bonchev–Trinajstić information content (AvgIpc) is 2.25. The smallest absolute Gasteiger partial charge is 0.257 e. The van der Waals surface area contributed by atoms with Crippen molar-refractivity contribution in [3.05, 3.63) is 23.8 Å². The Balaban J connectivity index is 2.94. The zero-order valence-electron chi connectivity index (χ0n) is 8.98. The molecule has 0 heterocycles. The fraction of sp³-hybridized carbons (Fsp3) is 0.364. The van der Waals surface area contributed by atoms with Gasteiger partial charge in [-0.2, -0.15) is 0 Å². The number of phenolic OH excluding ortho intramolecular Hbond substituents is 2. The topological polar surface area (TPSA) is 60.8 Å². The van der Waals surface area contributed by atoms with Crippen LogP contribution >= 0.6 is 15.9 Å². The molecule has 1 aromatic rings. The molecule has 0 spiro atoms. The Kier molecular flexibility index (Phi) is 4.61. The Hall–Kier alpha value is -1.23. The Bertz CT molecular complexity index is 381. The van der Waals surface area contributed by atoms with Gasteiger partial charge in [0, 0.05) is 24.5 Å². The van der Waals surface area contributed by atoms with Crippen molar-refractivity contribution in [3.8, 4) is 11.5 Å². The second-order valence-electron chi connectivity index (χ2n) is 3.28. The van der Waals surface area contributed by atoms with Gasteiger partial charge in [0.15, 0.2) is 0 Å². The van der Waals surface area contributed by atoms with Crippen LogP contribution in [0.2, 0.25) is 0 Å². The lowest BCUT2D eigenvalue weighted by Gasteiger charge is -2.20. The predicted octanol–water partition coefficient (Wildman–Crippen LogP) is 1.95. The molecule has 0 aromatic heterocycles. The zero-order chi connectivity index (χ0) is 12.1. The van der Waals surface area contributed by atoms with Crippen molar-refractivity contribution in [2.45, 2.75) is 6.92 Å². The number of hydrogen-bond donors (Lipinski definition) is 2. The summed E-state index contributed by atoms with van der Waals surface area (Å²) in [6.45, 7) is 3.03. The van der Waals surface area contributed by atoms with Crippen LogP contribution in [0.4, 0.5) is 0 Å². The van der Waals surface area contributed by atoms with Crippen LogP contribution in [0.1, 0.15) is 17.3 Å². The average molecular weight is 288 g/mol. The van der Waals surface area contributed by atoms with Crippen molar-refractivity contribution < 1.29 is 15.0 Å². The third-order valence-electron chi connectivity index (χ3n) is 2.24. The number of rotatable bonds is 4. The number of carbonyl (C=O) groups is 1. The summed E-state index contributed by atoms with van der Waals surface area (Å²) in [4.78, 5) is 13.6. The second kappa shape index (κ2) is 5.75. The lowest BCUT2D eigenvalue weighted by Crippen LogP contribution is -2.32. The number of halogens is 1. The van der Waals surface area contributed by atoms with Crippen LogP contribution in [0.5, 0.6) is 11.5 Å². The highest BCUT2D eigenvalue weighted by atomic mass is 79.9. The van der Waals surface area contributed by atoms with Gasteiger partial charge in [-0.3, -0.25) is 4.79 Å². The molecule has 1 amide bonds. The van der Waals surface area contributed by atoms with Crippen molar-refractivity contribution in [1.82, 2.24) is 4.90 Å². The third kappa shape index (κ3) is 2.88. The highest BCUT2D eigenvalue weighted by Crippen LogP contribution is 2.23. The largest absolute Gasteiger partial charge is 0.508 e. The van der Waals surface area contributed by atoms with E-state index in [-0.39, 0.29) is 23.0 Å². The maximum absolute atomic E-state index is 12.0. The molecule has 5 heteroatoms. The molecular weight excluding hydrogens is 274 g/mol. The summed E-state index contributed by atoms with van der Waals surface area (Å²) in [7, 11) is 0. The van der Waals surface area contributed by atoms with Crippen LogP contribution in [-0.2, 0) is 0 Å². The van der Waals surface area contributed by atoms with E-state index in [2.05, 4.69) is 15.9 Å². The van der Waals surface area contributed by atoms with E-state index in [0.717, 1.165) is 6.07 Å². The van der Waals surface area contributed by atoms with Gasteiger partial charge in [0.1, 0.15) is 11.5 Å². The molecule has 0 unspecified atom stereocenters. The van der Waals surface area contributed by atoms with Crippen molar-refractivity contribution in [1.29, 1.82) is 0 Å². The molecule has 1 aromatic carbocycles. The Morgan fingerprint density at radius 3 is 2.62 bits per heavy atom. The summed E-state index contributed by atoms with van der Waals surface area (Å²) in [6.07, 6.45) is 0. The predicted molar refractivity (Wildman–Crippen MR) is 65.1 cm³/mol. The number of hydrogen-bond acceptors (Lipinski definition) is 3. The molecule has 0 aliphatic rings. The van der Waals surface area contributed by atoms with Crippen LogP contribution in [0.3, 0.4) is 0 Å². The molecule has 0 aliphatic carbocycles. The normalized spacial score (nSPS) is 10.1. The SMILES string of the molecule is CCN(CCBr)C(=O)c1ccc(O)cc1O. The van der Waals surface area contributed by atoms with Crippen LogP contribution in [-0.4, -0.2) is 39.4 Å². The van der Waals surface area contributed by atoms with Crippen LogP contribution in [0.15, 0.2) is 18.2 Å². The minimum Gasteiger partial charge on any atom is -0.508 e. The molecule has 4 nitrogen and oxygen atoms in total. The number of nitrogens with zero attached hydrogens (tertiary/aromatic N) is 1. The van der Waals surface area contributed by atoms with Gasteiger partial charge in [0.2, 0.25) is 0 Å². The molecule has 0 saturated carbocycles. The van der Waals surface area contributed by atoms with Gasteiger partial charge >= 0.3 is 0 Å². The zero-order valence-corrected chi connectivity index (χ0v) is 10.6. The Morgan fingerprint density at radius 1 is 1.44 bits per heavy atom. The van der Waals surface area contributed by atoms with Crippen LogP contribution < -0.4 is 0 Å². The lowest BCUT2D eigenvalue weighted by molar-refractivity contribution is 0.0772. The first-order valence-electron chi connectivity index (χ1n) is 4.97. The summed E-state index contributed by atoms with van der Waals surface area (Å²) in [5.41, 5.74) is 0.209. The van der Waals surface area contributed by atoms with E-state index >= 15 is 0 Å². The first kappa shape index (κ1) is 12.8. The second-order valence-corrected chi connectivity index (χ2v) is 4.07. The molecule has 0 bridgehead atoms. The molecular formula is C11H14BrNO3. The van der Waals surface area contributed by atoms with Gasteiger partial charge in [-0.15, -0.1) is 0 Å². The van der Waals surface area contributed by atoms with E-state index in [0.29, 0.717) is 18.4 Å². The molecule has 0 radical (unpaired) electrons. The number of alkyl halides is 1. The van der Waals surface area contributed by atoms with E-state index in [1.165, 1.54) is 12.1 Å². The van der Waals surface area contributed by atoms with Gasteiger partial charge < -0.3 is 15.1 Å². The van der Waals surface area contributed by atoms with Gasteiger partial charge in [-0.05, 0) is 19.1 Å². The number of aromatic hydroxyl groups is 2. The standard InChI is InChI=1S/C11H14BrNO3/c1-2-13(6-5-12)11(16)9-4-3-8(14)7-10(9)15/h3-4,7,14-15H,2,5-6H2,1H3. The Labute approximate surface area is 103 Å². The monoisotopic (exact) mass is 287 g/mol. The molecule has 2 N–H and O–H groups in total. The van der Waals surface area contributed by atoms with E-state index in [9.17, 15) is 9.90 Å². The molecule has 0 fully saturated rings. The number of benzene rings is 1. The van der Waals surface area contributed by atoms with E-state index in [1.807, 2.05) is 6.92 Å². The lowest BCUT2D eigenvalue weighted by atomic mass is 10.1. The van der Waals surface area contributed by atoms with Gasteiger partial charge in [-0.25, -0.2) is 0 Å². The summed E-state index contributed by atoms with van der Waals surface area (Å²) in [6, 6.07) is 3.97. The fourth-order valence-electron chi connectivity index (χ4n) is 1.38. The summed E-state index contributed by atoms with van der Waals surface area (Å²) in [5, 5.41) is 19.4. The maximum atomic E-state index is 12.0. The van der Waals surface area contributed by atoms with Crippen molar-refractivity contribution in [3.63, 3.8) is 0 Å².